The Balaban J connectivity index is 2.05. The van der Waals surface area contributed by atoms with Gasteiger partial charge in [0, 0.05) is 12.3 Å². The minimum absolute atomic E-state index is 0.686. The van der Waals surface area contributed by atoms with Crippen LogP contribution in [0.15, 0.2) is 16.5 Å². The number of rotatable bonds is 5. The molecule has 2 aromatic rings. The highest BCUT2D eigenvalue weighted by atomic mass is 35.5. The van der Waals surface area contributed by atoms with Crippen molar-refractivity contribution in [2.75, 3.05) is 11.9 Å². The van der Waals surface area contributed by atoms with Crippen LogP contribution in [0.5, 0.6) is 0 Å². The third-order valence-corrected chi connectivity index (χ3v) is 4.40. The van der Waals surface area contributed by atoms with Gasteiger partial charge in [-0.2, -0.15) is 4.37 Å². The number of pyridine rings is 1. The first-order chi connectivity index (χ1) is 8.69. The lowest BCUT2D eigenvalue weighted by Crippen LogP contribution is -2.01. The average molecular weight is 301 g/mol. The molecule has 7 heteroatoms. The third kappa shape index (κ3) is 3.57. The Labute approximate surface area is 119 Å². The van der Waals surface area contributed by atoms with Crippen LogP contribution >= 0.6 is 34.9 Å². The highest BCUT2D eigenvalue weighted by Gasteiger charge is 2.07. The van der Waals surface area contributed by atoms with Gasteiger partial charge in [-0.1, -0.05) is 23.4 Å². The van der Waals surface area contributed by atoms with E-state index < -0.39 is 0 Å². The molecule has 4 nitrogen and oxygen atoms in total. The van der Waals surface area contributed by atoms with Crippen molar-refractivity contribution in [3.63, 3.8) is 0 Å². The number of aromatic nitrogens is 3. The molecule has 0 saturated carbocycles. The molecular weight excluding hydrogens is 288 g/mol. The van der Waals surface area contributed by atoms with Gasteiger partial charge < -0.3 is 5.32 Å². The van der Waals surface area contributed by atoms with Gasteiger partial charge in [0.2, 0.25) is 0 Å². The minimum atomic E-state index is 0.686. The monoisotopic (exact) mass is 300 g/mol. The van der Waals surface area contributed by atoms with Crippen LogP contribution in [0.25, 0.3) is 0 Å². The Hall–Kier alpha value is -0.850. The van der Waals surface area contributed by atoms with Crippen molar-refractivity contribution in [3.05, 3.63) is 28.7 Å². The minimum Gasteiger partial charge on any atom is -0.370 e. The molecule has 0 aliphatic rings. The molecule has 0 aliphatic heterocycles. The predicted molar refractivity (Wildman–Crippen MR) is 77.6 cm³/mol. The molecule has 0 fully saturated rings. The topological polar surface area (TPSA) is 50.7 Å². The zero-order valence-electron chi connectivity index (χ0n) is 10.1. The van der Waals surface area contributed by atoms with Gasteiger partial charge in [0.05, 0.1) is 10.7 Å². The summed E-state index contributed by atoms with van der Waals surface area (Å²) in [6, 6.07) is 3.75. The summed E-state index contributed by atoms with van der Waals surface area (Å²) in [5, 5.41) is 3.86. The van der Waals surface area contributed by atoms with Gasteiger partial charge in [-0.25, -0.2) is 9.97 Å². The summed E-state index contributed by atoms with van der Waals surface area (Å²) in [6.07, 6.45) is 0. The largest absolute Gasteiger partial charge is 0.370 e. The summed E-state index contributed by atoms with van der Waals surface area (Å²) in [5.41, 5.74) is 0.868. The molecule has 0 unspecified atom stereocenters. The van der Waals surface area contributed by atoms with Crippen LogP contribution in [0.4, 0.5) is 5.82 Å². The van der Waals surface area contributed by atoms with Gasteiger partial charge in [0.1, 0.15) is 11.6 Å². The second-order valence-corrected chi connectivity index (χ2v) is 5.93. The van der Waals surface area contributed by atoms with Gasteiger partial charge in [-0.3, -0.25) is 0 Å². The van der Waals surface area contributed by atoms with Crippen molar-refractivity contribution in [2.45, 2.75) is 23.9 Å². The number of anilines is 1. The normalized spacial score (nSPS) is 10.6. The molecule has 0 atom stereocenters. The summed E-state index contributed by atoms with van der Waals surface area (Å²) in [4.78, 5) is 8.77. The SMILES string of the molecule is CCNc1ccc(Cl)c(CSc2nc(C)ns2)n1. The molecule has 0 aromatic carbocycles. The van der Waals surface area contributed by atoms with Crippen LogP contribution < -0.4 is 5.32 Å². The maximum atomic E-state index is 6.13. The standard InChI is InChI=1S/C11H13ClN4S2/c1-3-13-10-5-4-8(12)9(15-10)6-17-11-14-7(2)16-18-11/h4-5H,3,6H2,1-2H3,(H,13,15). The Bertz CT molecular complexity index is 530. The van der Waals surface area contributed by atoms with E-state index in [2.05, 4.69) is 19.7 Å². The van der Waals surface area contributed by atoms with E-state index in [0.29, 0.717) is 10.8 Å². The highest BCUT2D eigenvalue weighted by Crippen LogP contribution is 2.27. The summed E-state index contributed by atoms with van der Waals surface area (Å²) < 4.78 is 5.09. The molecule has 1 N–H and O–H groups in total. The summed E-state index contributed by atoms with van der Waals surface area (Å²) >= 11 is 9.14. The number of thioether (sulfide) groups is 1. The van der Waals surface area contributed by atoms with Gasteiger partial charge in [-0.15, -0.1) is 0 Å². The van der Waals surface area contributed by atoms with E-state index in [1.54, 1.807) is 11.8 Å². The van der Waals surface area contributed by atoms with E-state index in [0.717, 1.165) is 28.2 Å². The Morgan fingerprint density at radius 3 is 2.89 bits per heavy atom. The molecule has 0 radical (unpaired) electrons. The Morgan fingerprint density at radius 2 is 2.22 bits per heavy atom. The van der Waals surface area contributed by atoms with Crippen molar-refractivity contribution < 1.29 is 0 Å². The van der Waals surface area contributed by atoms with Crippen molar-refractivity contribution in [1.82, 2.24) is 14.3 Å². The Morgan fingerprint density at radius 1 is 1.39 bits per heavy atom. The molecular formula is C11H13ClN4S2. The Kier molecular flexibility index (Phi) is 4.79. The first-order valence-corrected chi connectivity index (χ1v) is 7.65. The lowest BCUT2D eigenvalue weighted by Gasteiger charge is -2.06. The van der Waals surface area contributed by atoms with Crippen LogP contribution in [0.3, 0.4) is 0 Å². The van der Waals surface area contributed by atoms with Crippen molar-refractivity contribution in [1.29, 1.82) is 0 Å². The number of hydrogen-bond acceptors (Lipinski definition) is 6. The van der Waals surface area contributed by atoms with E-state index >= 15 is 0 Å². The molecule has 2 aromatic heterocycles. The zero-order valence-corrected chi connectivity index (χ0v) is 12.5. The van der Waals surface area contributed by atoms with Gasteiger partial charge in [0.15, 0.2) is 4.34 Å². The van der Waals surface area contributed by atoms with Crippen LogP contribution in [0.2, 0.25) is 5.02 Å². The number of aryl methyl sites for hydroxylation is 1. The molecule has 2 heterocycles. The number of hydrogen-bond donors (Lipinski definition) is 1. The van der Waals surface area contributed by atoms with Gasteiger partial charge in [0.25, 0.3) is 0 Å². The predicted octanol–water partition coefficient (Wildman–Crippen LogP) is 3.62. The van der Waals surface area contributed by atoms with Gasteiger partial charge >= 0.3 is 0 Å². The second-order valence-electron chi connectivity index (χ2n) is 3.55. The fraction of sp³-hybridized carbons (Fsp3) is 0.364. The summed E-state index contributed by atoms with van der Waals surface area (Å²) in [6.45, 7) is 4.77. The molecule has 0 bridgehead atoms. The van der Waals surface area contributed by atoms with E-state index in [1.165, 1.54) is 11.5 Å². The number of nitrogens with one attached hydrogen (secondary N) is 1. The smallest absolute Gasteiger partial charge is 0.170 e. The fourth-order valence-electron chi connectivity index (χ4n) is 1.33. The first kappa shape index (κ1) is 13.6. The summed E-state index contributed by atoms with van der Waals surface area (Å²) in [7, 11) is 0. The maximum absolute atomic E-state index is 6.13. The van der Waals surface area contributed by atoms with Crippen LogP contribution in [-0.2, 0) is 5.75 Å². The maximum Gasteiger partial charge on any atom is 0.170 e. The van der Waals surface area contributed by atoms with E-state index in [1.807, 2.05) is 26.0 Å². The number of halogens is 1. The molecule has 18 heavy (non-hydrogen) atoms. The molecule has 0 saturated heterocycles. The first-order valence-electron chi connectivity index (χ1n) is 5.51. The van der Waals surface area contributed by atoms with Crippen LogP contribution in [-0.4, -0.2) is 20.9 Å². The second kappa shape index (κ2) is 6.36. The molecule has 0 aliphatic carbocycles. The van der Waals surface area contributed by atoms with E-state index in [9.17, 15) is 0 Å². The molecule has 0 amide bonds. The fourth-order valence-corrected chi connectivity index (χ4v) is 3.18. The van der Waals surface area contributed by atoms with Crippen LogP contribution in [0.1, 0.15) is 18.4 Å². The van der Waals surface area contributed by atoms with E-state index in [4.69, 9.17) is 11.6 Å². The molecule has 2 rings (SSSR count). The van der Waals surface area contributed by atoms with Crippen LogP contribution in [0, 0.1) is 6.92 Å². The lowest BCUT2D eigenvalue weighted by atomic mass is 10.3. The lowest BCUT2D eigenvalue weighted by molar-refractivity contribution is 1.09. The molecule has 96 valence electrons. The average Bonchev–Trinajstić information content (AvgIpc) is 2.76. The van der Waals surface area contributed by atoms with Crippen molar-refractivity contribution in [2.24, 2.45) is 0 Å². The molecule has 0 spiro atoms. The van der Waals surface area contributed by atoms with E-state index in [-0.39, 0.29) is 0 Å². The van der Waals surface area contributed by atoms with Crippen molar-refractivity contribution in [3.8, 4) is 0 Å². The summed E-state index contributed by atoms with van der Waals surface area (Å²) in [5.74, 6) is 2.36. The number of nitrogens with zero attached hydrogens (tertiary/aromatic N) is 3. The zero-order chi connectivity index (χ0) is 13.0. The van der Waals surface area contributed by atoms with Gasteiger partial charge in [-0.05, 0) is 37.5 Å². The quantitative estimate of drug-likeness (QED) is 0.855. The van der Waals surface area contributed by atoms with Crippen molar-refractivity contribution >= 4 is 40.7 Å². The highest BCUT2D eigenvalue weighted by molar-refractivity contribution is 8.00. The third-order valence-electron chi connectivity index (χ3n) is 2.12.